The van der Waals surface area contributed by atoms with Gasteiger partial charge in [-0.05, 0) is 57.2 Å². The van der Waals surface area contributed by atoms with Crippen molar-refractivity contribution in [3.63, 3.8) is 0 Å². The van der Waals surface area contributed by atoms with Crippen LogP contribution in [-0.2, 0) is 9.59 Å². The molecular formula is C20H29N3O2. The molecule has 2 aliphatic carbocycles. The Balaban J connectivity index is 1.57. The summed E-state index contributed by atoms with van der Waals surface area (Å²) in [5.74, 6) is 0.219. The summed E-state index contributed by atoms with van der Waals surface area (Å²) in [7, 11) is 0. The van der Waals surface area contributed by atoms with Crippen molar-refractivity contribution in [2.45, 2.75) is 64.0 Å². The fourth-order valence-electron chi connectivity index (χ4n) is 3.63. The Labute approximate surface area is 149 Å². The van der Waals surface area contributed by atoms with Crippen LogP contribution in [0.15, 0.2) is 24.3 Å². The molecular weight excluding hydrogens is 314 g/mol. The average molecular weight is 343 g/mol. The number of carbonyl (C=O) groups is 2. The number of benzene rings is 1. The van der Waals surface area contributed by atoms with Crippen LogP contribution >= 0.6 is 0 Å². The van der Waals surface area contributed by atoms with Crippen LogP contribution < -0.4 is 16.4 Å². The molecule has 0 heterocycles. The number of nitrogens with one attached hydrogen (secondary N) is 2. The SMILES string of the molecule is CC(NC(=O)C1CCCCC1(C)N)c1ccc(NC(=O)C2CC2)cc1. The highest BCUT2D eigenvalue weighted by Gasteiger charge is 2.38. The van der Waals surface area contributed by atoms with Crippen molar-refractivity contribution in [3.8, 4) is 0 Å². The maximum Gasteiger partial charge on any atom is 0.227 e. The van der Waals surface area contributed by atoms with Crippen LogP contribution in [0.4, 0.5) is 5.69 Å². The van der Waals surface area contributed by atoms with Gasteiger partial charge in [-0.25, -0.2) is 0 Å². The zero-order chi connectivity index (χ0) is 18.0. The van der Waals surface area contributed by atoms with Gasteiger partial charge in [0.1, 0.15) is 0 Å². The van der Waals surface area contributed by atoms with Crippen molar-refractivity contribution in [3.05, 3.63) is 29.8 Å². The lowest BCUT2D eigenvalue weighted by Crippen LogP contribution is -2.53. The second-order valence-corrected chi connectivity index (χ2v) is 7.92. The first-order valence-corrected chi connectivity index (χ1v) is 9.37. The maximum atomic E-state index is 12.6. The summed E-state index contributed by atoms with van der Waals surface area (Å²) in [6.07, 6.45) is 5.91. The van der Waals surface area contributed by atoms with Crippen LogP contribution in [0, 0.1) is 11.8 Å². The van der Waals surface area contributed by atoms with Gasteiger partial charge in [0.2, 0.25) is 11.8 Å². The van der Waals surface area contributed by atoms with E-state index in [2.05, 4.69) is 10.6 Å². The van der Waals surface area contributed by atoms with Crippen LogP contribution in [0.1, 0.15) is 64.0 Å². The van der Waals surface area contributed by atoms with Gasteiger partial charge in [-0.3, -0.25) is 9.59 Å². The van der Waals surface area contributed by atoms with Crippen molar-refractivity contribution >= 4 is 17.5 Å². The number of anilines is 1. The molecule has 2 amide bonds. The zero-order valence-electron chi connectivity index (χ0n) is 15.2. The van der Waals surface area contributed by atoms with Crippen molar-refractivity contribution in [2.75, 3.05) is 5.32 Å². The van der Waals surface area contributed by atoms with Crippen LogP contribution in [0.3, 0.4) is 0 Å². The first kappa shape index (κ1) is 17.9. The molecule has 5 nitrogen and oxygen atoms in total. The molecule has 0 aliphatic heterocycles. The molecule has 4 N–H and O–H groups in total. The third-order valence-electron chi connectivity index (χ3n) is 5.56. The largest absolute Gasteiger partial charge is 0.349 e. The molecule has 0 aromatic heterocycles. The summed E-state index contributed by atoms with van der Waals surface area (Å²) >= 11 is 0. The van der Waals surface area contributed by atoms with E-state index in [0.29, 0.717) is 0 Å². The standard InChI is InChI=1S/C20H29N3O2/c1-13(22-19(25)17-5-3-4-12-20(17,2)21)14-8-10-16(11-9-14)23-18(24)15-6-7-15/h8-11,13,15,17H,3-7,12,21H2,1-2H3,(H,22,25)(H,23,24). The highest BCUT2D eigenvalue weighted by atomic mass is 16.2. The Morgan fingerprint density at radius 3 is 2.40 bits per heavy atom. The summed E-state index contributed by atoms with van der Waals surface area (Å²) in [6.45, 7) is 3.96. The molecule has 3 atom stereocenters. The number of hydrogen-bond donors (Lipinski definition) is 3. The van der Waals surface area contributed by atoms with Crippen LogP contribution in [0.2, 0.25) is 0 Å². The molecule has 0 radical (unpaired) electrons. The smallest absolute Gasteiger partial charge is 0.227 e. The maximum absolute atomic E-state index is 12.6. The molecule has 3 unspecified atom stereocenters. The van der Waals surface area contributed by atoms with Gasteiger partial charge in [-0.1, -0.05) is 25.0 Å². The van der Waals surface area contributed by atoms with E-state index < -0.39 is 5.54 Å². The lowest BCUT2D eigenvalue weighted by atomic mass is 9.74. The minimum atomic E-state index is -0.418. The molecule has 2 aliphatic rings. The van der Waals surface area contributed by atoms with E-state index in [1.807, 2.05) is 38.1 Å². The summed E-state index contributed by atoms with van der Waals surface area (Å²) in [6, 6.07) is 7.61. The van der Waals surface area contributed by atoms with E-state index in [9.17, 15) is 9.59 Å². The predicted octanol–water partition coefficient (Wildman–Crippen LogP) is 3.12. The molecule has 0 spiro atoms. The highest BCUT2D eigenvalue weighted by molar-refractivity contribution is 5.94. The Morgan fingerprint density at radius 2 is 1.80 bits per heavy atom. The van der Waals surface area contributed by atoms with E-state index >= 15 is 0 Å². The van der Waals surface area contributed by atoms with Crippen LogP contribution in [0.25, 0.3) is 0 Å². The van der Waals surface area contributed by atoms with Gasteiger partial charge in [-0.2, -0.15) is 0 Å². The second kappa shape index (κ2) is 7.16. The molecule has 2 fully saturated rings. The lowest BCUT2D eigenvalue weighted by Gasteiger charge is -2.37. The summed E-state index contributed by atoms with van der Waals surface area (Å²) < 4.78 is 0. The molecule has 136 valence electrons. The van der Waals surface area contributed by atoms with Gasteiger partial charge in [0.15, 0.2) is 0 Å². The normalized spacial score (nSPS) is 27.4. The Morgan fingerprint density at radius 1 is 1.12 bits per heavy atom. The minimum absolute atomic E-state index is 0.0447. The quantitative estimate of drug-likeness (QED) is 0.768. The van der Waals surface area contributed by atoms with E-state index in [4.69, 9.17) is 5.73 Å². The van der Waals surface area contributed by atoms with Crippen LogP contribution in [0.5, 0.6) is 0 Å². The van der Waals surface area contributed by atoms with E-state index in [0.717, 1.165) is 49.8 Å². The van der Waals surface area contributed by atoms with Crippen LogP contribution in [-0.4, -0.2) is 17.4 Å². The molecule has 25 heavy (non-hydrogen) atoms. The van der Waals surface area contributed by atoms with Gasteiger partial charge < -0.3 is 16.4 Å². The zero-order valence-corrected chi connectivity index (χ0v) is 15.2. The fourth-order valence-corrected chi connectivity index (χ4v) is 3.63. The number of rotatable bonds is 5. The topological polar surface area (TPSA) is 84.2 Å². The first-order valence-electron chi connectivity index (χ1n) is 9.37. The van der Waals surface area contributed by atoms with Gasteiger partial charge in [0.25, 0.3) is 0 Å². The second-order valence-electron chi connectivity index (χ2n) is 7.92. The van der Waals surface area contributed by atoms with Gasteiger partial charge >= 0.3 is 0 Å². The number of amides is 2. The number of hydrogen-bond acceptors (Lipinski definition) is 3. The number of nitrogens with two attached hydrogens (primary N) is 1. The Bertz CT molecular complexity index is 635. The minimum Gasteiger partial charge on any atom is -0.349 e. The molecule has 0 saturated heterocycles. The van der Waals surface area contributed by atoms with Crippen molar-refractivity contribution < 1.29 is 9.59 Å². The fraction of sp³-hybridized carbons (Fsp3) is 0.600. The van der Waals surface area contributed by atoms with Crippen molar-refractivity contribution in [2.24, 2.45) is 17.6 Å². The van der Waals surface area contributed by atoms with Gasteiger partial charge in [0.05, 0.1) is 12.0 Å². The molecule has 1 aromatic rings. The monoisotopic (exact) mass is 343 g/mol. The Hall–Kier alpha value is -1.88. The average Bonchev–Trinajstić information content (AvgIpc) is 3.39. The lowest BCUT2D eigenvalue weighted by molar-refractivity contribution is -0.128. The van der Waals surface area contributed by atoms with Gasteiger partial charge in [-0.15, -0.1) is 0 Å². The molecule has 5 heteroatoms. The molecule has 1 aromatic carbocycles. The summed E-state index contributed by atoms with van der Waals surface area (Å²) in [4.78, 5) is 24.4. The van der Waals surface area contributed by atoms with Crippen molar-refractivity contribution in [1.82, 2.24) is 5.32 Å². The molecule has 0 bridgehead atoms. The van der Waals surface area contributed by atoms with Crippen molar-refractivity contribution in [1.29, 1.82) is 0 Å². The Kier molecular flexibility index (Phi) is 5.13. The third kappa shape index (κ3) is 4.40. The summed E-state index contributed by atoms with van der Waals surface area (Å²) in [5.41, 5.74) is 7.74. The van der Waals surface area contributed by atoms with E-state index in [1.165, 1.54) is 0 Å². The van der Waals surface area contributed by atoms with Gasteiger partial charge in [0, 0.05) is 17.1 Å². The summed E-state index contributed by atoms with van der Waals surface area (Å²) in [5, 5.41) is 6.03. The predicted molar refractivity (Wildman–Crippen MR) is 98.9 cm³/mol. The number of carbonyl (C=O) groups excluding carboxylic acids is 2. The highest BCUT2D eigenvalue weighted by Crippen LogP contribution is 2.32. The molecule has 2 saturated carbocycles. The van der Waals surface area contributed by atoms with E-state index in [1.54, 1.807) is 0 Å². The first-order chi connectivity index (χ1) is 11.9. The van der Waals surface area contributed by atoms with E-state index in [-0.39, 0.29) is 29.7 Å². The third-order valence-corrected chi connectivity index (χ3v) is 5.56. The molecule has 3 rings (SSSR count).